The van der Waals surface area contributed by atoms with Crippen molar-refractivity contribution in [3.63, 3.8) is 0 Å². The summed E-state index contributed by atoms with van der Waals surface area (Å²) in [5, 5.41) is 0. The molecule has 0 spiro atoms. The average molecular weight is 235 g/mol. The van der Waals surface area contributed by atoms with E-state index >= 15 is 0 Å². The first-order valence-corrected chi connectivity index (χ1v) is 5.74. The lowest BCUT2D eigenvalue weighted by molar-refractivity contribution is 0.0933. The number of ketones is 1. The molecule has 92 valence electrons. The minimum atomic E-state index is 0.145. The lowest BCUT2D eigenvalue weighted by Gasteiger charge is -2.17. The van der Waals surface area contributed by atoms with Gasteiger partial charge in [0.1, 0.15) is 18.1 Å². The van der Waals surface area contributed by atoms with Gasteiger partial charge in [-0.15, -0.1) is 0 Å². The zero-order valence-electron chi connectivity index (χ0n) is 10.2. The summed E-state index contributed by atoms with van der Waals surface area (Å²) in [5.74, 6) is 1.54. The number of ether oxygens (including phenoxy) is 2. The smallest absolute Gasteiger partial charge is 0.169 e. The highest BCUT2D eigenvalue weighted by Crippen LogP contribution is 2.28. The van der Waals surface area contributed by atoms with Crippen LogP contribution in [-0.2, 0) is 0 Å². The third-order valence-electron chi connectivity index (χ3n) is 2.65. The number of likely N-dealkylation sites (N-methyl/N-ethyl adjacent to an activating group) is 1. The van der Waals surface area contributed by atoms with Gasteiger partial charge in [0.05, 0.1) is 12.2 Å². The number of Topliss-reactive ketones (excluding diaryl/α,β-unsaturated/α-hetero) is 1. The van der Waals surface area contributed by atoms with E-state index < -0.39 is 0 Å². The molecule has 0 amide bonds. The van der Waals surface area contributed by atoms with Gasteiger partial charge in [0.15, 0.2) is 5.78 Å². The van der Waals surface area contributed by atoms with Gasteiger partial charge in [0.2, 0.25) is 0 Å². The topological polar surface area (TPSA) is 38.8 Å². The Hall–Kier alpha value is -1.55. The Morgan fingerprint density at radius 3 is 3.00 bits per heavy atom. The van der Waals surface area contributed by atoms with E-state index in [-0.39, 0.29) is 5.78 Å². The molecule has 0 aliphatic carbocycles. The summed E-state index contributed by atoms with van der Waals surface area (Å²) in [5.41, 5.74) is 0.663. The molecule has 1 aliphatic heterocycles. The van der Waals surface area contributed by atoms with Crippen LogP contribution in [0.4, 0.5) is 0 Å². The molecule has 0 bridgehead atoms. The first-order chi connectivity index (χ1) is 8.16. The van der Waals surface area contributed by atoms with Gasteiger partial charge in [0.25, 0.3) is 0 Å². The van der Waals surface area contributed by atoms with Gasteiger partial charge in [-0.3, -0.25) is 4.79 Å². The fourth-order valence-corrected chi connectivity index (χ4v) is 1.68. The van der Waals surface area contributed by atoms with E-state index in [2.05, 4.69) is 4.90 Å². The minimum absolute atomic E-state index is 0.145. The molecule has 0 N–H and O–H groups in total. The molecule has 0 aromatic heterocycles. The Bertz CT molecular complexity index is 415. The maximum absolute atomic E-state index is 11.6. The maximum Gasteiger partial charge on any atom is 0.169 e. The molecule has 0 saturated carbocycles. The number of carbonyl (C=O) groups excluding carboxylic acids is 1. The number of fused-ring (bicyclic) bond motifs is 1. The van der Waals surface area contributed by atoms with Gasteiger partial charge >= 0.3 is 0 Å². The van der Waals surface area contributed by atoms with E-state index in [0.717, 1.165) is 12.3 Å². The van der Waals surface area contributed by atoms with Crippen LogP contribution in [0.5, 0.6) is 11.5 Å². The summed E-state index contributed by atoms with van der Waals surface area (Å²) in [6.45, 7) is 1.95. The summed E-state index contributed by atoms with van der Waals surface area (Å²) < 4.78 is 11.0. The van der Waals surface area contributed by atoms with Crippen molar-refractivity contribution in [3.8, 4) is 11.5 Å². The van der Waals surface area contributed by atoms with E-state index in [9.17, 15) is 4.79 Å². The number of benzene rings is 1. The number of rotatable bonds is 4. The number of hydrogen-bond acceptors (Lipinski definition) is 4. The van der Waals surface area contributed by atoms with Gasteiger partial charge in [-0.25, -0.2) is 0 Å². The van der Waals surface area contributed by atoms with E-state index in [0.29, 0.717) is 30.9 Å². The van der Waals surface area contributed by atoms with Crippen LogP contribution in [0.25, 0.3) is 0 Å². The molecule has 1 aromatic rings. The highest BCUT2D eigenvalue weighted by molar-refractivity contribution is 5.99. The monoisotopic (exact) mass is 235 g/mol. The highest BCUT2D eigenvalue weighted by Gasteiger charge is 2.18. The molecule has 4 heteroatoms. The van der Waals surface area contributed by atoms with E-state index in [1.165, 1.54) is 0 Å². The zero-order chi connectivity index (χ0) is 12.3. The van der Waals surface area contributed by atoms with Crippen molar-refractivity contribution in [3.05, 3.63) is 23.8 Å². The van der Waals surface area contributed by atoms with Gasteiger partial charge in [-0.2, -0.15) is 0 Å². The van der Waals surface area contributed by atoms with Crippen LogP contribution in [0.15, 0.2) is 18.2 Å². The van der Waals surface area contributed by atoms with Gasteiger partial charge < -0.3 is 14.4 Å². The fourth-order valence-electron chi connectivity index (χ4n) is 1.68. The molecule has 4 nitrogen and oxygen atoms in total. The SMILES string of the molecule is CN(C)CCOc1ccc2c(c1)OCCC2=O. The van der Waals surface area contributed by atoms with Crippen LogP contribution >= 0.6 is 0 Å². The summed E-state index contributed by atoms with van der Waals surface area (Å²) in [6, 6.07) is 5.39. The Labute approximate surface area is 101 Å². The Kier molecular flexibility index (Phi) is 3.64. The Morgan fingerprint density at radius 1 is 1.41 bits per heavy atom. The molecule has 1 aliphatic rings. The molecule has 0 unspecified atom stereocenters. The Balaban J connectivity index is 2.03. The summed E-state index contributed by atoms with van der Waals surface area (Å²) >= 11 is 0. The summed E-state index contributed by atoms with van der Waals surface area (Å²) in [4.78, 5) is 13.6. The third-order valence-corrected chi connectivity index (χ3v) is 2.65. The molecule has 1 heterocycles. The molecule has 0 atom stereocenters. The van der Waals surface area contributed by atoms with Crippen LogP contribution in [0.2, 0.25) is 0 Å². The number of carbonyl (C=O) groups is 1. The van der Waals surface area contributed by atoms with Gasteiger partial charge in [-0.05, 0) is 26.2 Å². The van der Waals surface area contributed by atoms with Crippen molar-refractivity contribution in [1.82, 2.24) is 4.90 Å². The second-order valence-corrected chi connectivity index (χ2v) is 4.33. The first-order valence-electron chi connectivity index (χ1n) is 5.74. The predicted octanol–water partition coefficient (Wildman–Crippen LogP) is 1.59. The highest BCUT2D eigenvalue weighted by atomic mass is 16.5. The molecule has 0 radical (unpaired) electrons. The maximum atomic E-state index is 11.6. The van der Waals surface area contributed by atoms with Crippen LogP contribution < -0.4 is 9.47 Å². The molecular formula is C13H17NO3. The van der Waals surface area contributed by atoms with Crippen molar-refractivity contribution in [2.45, 2.75) is 6.42 Å². The second-order valence-electron chi connectivity index (χ2n) is 4.33. The van der Waals surface area contributed by atoms with Gasteiger partial charge in [0, 0.05) is 19.0 Å². The van der Waals surface area contributed by atoms with Crippen molar-refractivity contribution in [2.24, 2.45) is 0 Å². The van der Waals surface area contributed by atoms with E-state index in [4.69, 9.17) is 9.47 Å². The van der Waals surface area contributed by atoms with E-state index in [1.54, 1.807) is 12.1 Å². The number of hydrogen-bond donors (Lipinski definition) is 0. The van der Waals surface area contributed by atoms with Crippen molar-refractivity contribution < 1.29 is 14.3 Å². The molecule has 1 aromatic carbocycles. The van der Waals surface area contributed by atoms with Gasteiger partial charge in [-0.1, -0.05) is 0 Å². The lowest BCUT2D eigenvalue weighted by Crippen LogP contribution is -2.19. The minimum Gasteiger partial charge on any atom is -0.492 e. The fraction of sp³-hybridized carbons (Fsp3) is 0.462. The zero-order valence-corrected chi connectivity index (χ0v) is 10.2. The molecule has 2 rings (SSSR count). The third kappa shape index (κ3) is 2.97. The molecule has 0 saturated heterocycles. The lowest BCUT2D eigenvalue weighted by atomic mass is 10.1. The average Bonchev–Trinajstić information content (AvgIpc) is 2.29. The quantitative estimate of drug-likeness (QED) is 0.794. The molecular weight excluding hydrogens is 218 g/mol. The molecule has 17 heavy (non-hydrogen) atoms. The summed E-state index contributed by atoms with van der Waals surface area (Å²) in [6.07, 6.45) is 0.466. The van der Waals surface area contributed by atoms with Crippen molar-refractivity contribution in [2.75, 3.05) is 33.9 Å². The molecule has 0 fully saturated rings. The largest absolute Gasteiger partial charge is 0.492 e. The van der Waals surface area contributed by atoms with Crippen LogP contribution in [0.3, 0.4) is 0 Å². The number of nitrogens with zero attached hydrogens (tertiary/aromatic N) is 1. The Morgan fingerprint density at radius 2 is 2.24 bits per heavy atom. The normalized spacial score (nSPS) is 14.4. The van der Waals surface area contributed by atoms with Crippen LogP contribution in [0, 0.1) is 0 Å². The standard InChI is InChI=1S/C13H17NO3/c1-14(2)6-8-16-10-3-4-11-12(15)5-7-17-13(11)9-10/h3-4,9H,5-8H2,1-2H3. The van der Waals surface area contributed by atoms with E-state index in [1.807, 2.05) is 20.2 Å². The second kappa shape index (κ2) is 5.19. The van der Waals surface area contributed by atoms with Crippen LogP contribution in [0.1, 0.15) is 16.8 Å². The summed E-state index contributed by atoms with van der Waals surface area (Å²) in [7, 11) is 4.00. The van der Waals surface area contributed by atoms with Crippen LogP contribution in [-0.4, -0.2) is 44.5 Å². The van der Waals surface area contributed by atoms with Crippen molar-refractivity contribution in [1.29, 1.82) is 0 Å². The van der Waals surface area contributed by atoms with Crippen molar-refractivity contribution >= 4 is 5.78 Å². The first kappa shape index (κ1) is 11.9. The predicted molar refractivity (Wildman–Crippen MR) is 64.9 cm³/mol.